The van der Waals surface area contributed by atoms with E-state index >= 15 is 0 Å². The number of amides is 1. The van der Waals surface area contributed by atoms with E-state index in [2.05, 4.69) is 10.3 Å². The highest BCUT2D eigenvalue weighted by molar-refractivity contribution is 6.05. The summed E-state index contributed by atoms with van der Waals surface area (Å²) in [5, 5.41) is 2.67. The van der Waals surface area contributed by atoms with Crippen LogP contribution in [0.4, 0.5) is 5.82 Å². The average Bonchev–Trinajstić information content (AvgIpc) is 3.11. The van der Waals surface area contributed by atoms with Gasteiger partial charge in [0, 0.05) is 13.0 Å². The third kappa shape index (κ3) is 3.20. The fraction of sp³-hybridized carbons (Fsp3) is 0.471. The molecule has 0 unspecified atom stereocenters. The summed E-state index contributed by atoms with van der Waals surface area (Å²) in [6.45, 7) is 7.85. The smallest absolute Gasteiger partial charge is 0.359 e. The monoisotopic (exact) mass is 331 g/mol. The number of ether oxygens (including phenoxy) is 1. The molecule has 0 saturated heterocycles. The lowest BCUT2D eigenvalue weighted by molar-refractivity contribution is 0.00593. The van der Waals surface area contributed by atoms with E-state index in [4.69, 9.17) is 9.15 Å². The van der Waals surface area contributed by atoms with Crippen LogP contribution in [0.2, 0.25) is 0 Å². The third-order valence-corrected chi connectivity index (χ3v) is 3.62. The zero-order valence-electron chi connectivity index (χ0n) is 14.3. The highest BCUT2D eigenvalue weighted by Crippen LogP contribution is 2.26. The molecule has 0 saturated carbocycles. The molecule has 3 heterocycles. The number of fused-ring (bicyclic) bond motifs is 1. The second-order valence-corrected chi connectivity index (χ2v) is 6.85. The Morgan fingerprint density at radius 3 is 2.71 bits per heavy atom. The van der Waals surface area contributed by atoms with Crippen molar-refractivity contribution in [3.8, 4) is 0 Å². The molecule has 1 aliphatic rings. The molecule has 0 bridgehead atoms. The van der Waals surface area contributed by atoms with Gasteiger partial charge < -0.3 is 19.0 Å². The van der Waals surface area contributed by atoms with Gasteiger partial charge in [0.2, 0.25) is 0 Å². The van der Waals surface area contributed by atoms with Gasteiger partial charge in [0.05, 0.1) is 0 Å². The molecule has 2 aromatic heterocycles. The Morgan fingerprint density at radius 2 is 2.08 bits per heavy atom. The largest absolute Gasteiger partial charge is 0.456 e. The first-order valence-corrected chi connectivity index (χ1v) is 7.95. The molecule has 1 amide bonds. The molecule has 1 N–H and O–H groups in total. The number of hydrogen-bond donors (Lipinski definition) is 1. The number of nitrogens with one attached hydrogen (secondary N) is 1. The topological polar surface area (TPSA) is 86.4 Å². The molecule has 0 fully saturated rings. The lowest BCUT2D eigenvalue weighted by Crippen LogP contribution is -2.26. The Morgan fingerprint density at radius 1 is 1.33 bits per heavy atom. The SMILES string of the molecule is Cc1ccc(C(=O)Nc2nc3n(c2C(=O)OC(C)(C)C)CCC3)o1. The van der Waals surface area contributed by atoms with Crippen LogP contribution in [0.5, 0.6) is 0 Å². The van der Waals surface area contributed by atoms with Crippen LogP contribution in [0.15, 0.2) is 16.5 Å². The maximum absolute atomic E-state index is 12.6. The fourth-order valence-corrected chi connectivity index (χ4v) is 2.67. The summed E-state index contributed by atoms with van der Waals surface area (Å²) in [7, 11) is 0. The van der Waals surface area contributed by atoms with Gasteiger partial charge in [-0.1, -0.05) is 0 Å². The Balaban J connectivity index is 1.90. The molecule has 0 radical (unpaired) electrons. The number of imidazole rings is 1. The molecule has 1 aliphatic heterocycles. The first-order valence-electron chi connectivity index (χ1n) is 7.95. The third-order valence-electron chi connectivity index (χ3n) is 3.62. The van der Waals surface area contributed by atoms with Crippen LogP contribution < -0.4 is 5.32 Å². The van der Waals surface area contributed by atoms with Gasteiger partial charge in [0.15, 0.2) is 17.3 Å². The van der Waals surface area contributed by atoms with Crippen LogP contribution in [0.1, 0.15) is 59.8 Å². The number of esters is 1. The highest BCUT2D eigenvalue weighted by Gasteiger charge is 2.30. The maximum atomic E-state index is 12.6. The zero-order valence-corrected chi connectivity index (χ0v) is 14.3. The molecule has 0 spiro atoms. The Bertz CT molecular complexity index is 795. The van der Waals surface area contributed by atoms with Gasteiger partial charge in [0.1, 0.15) is 17.2 Å². The maximum Gasteiger partial charge on any atom is 0.359 e. The molecule has 2 aromatic rings. The van der Waals surface area contributed by atoms with Gasteiger partial charge >= 0.3 is 5.97 Å². The number of carbonyl (C=O) groups is 2. The molecule has 7 nitrogen and oxygen atoms in total. The summed E-state index contributed by atoms with van der Waals surface area (Å²) in [6, 6.07) is 3.29. The Labute approximate surface area is 140 Å². The van der Waals surface area contributed by atoms with Crippen molar-refractivity contribution in [2.24, 2.45) is 0 Å². The number of aryl methyl sites for hydroxylation is 2. The lowest BCUT2D eigenvalue weighted by atomic mass is 10.2. The van der Waals surface area contributed by atoms with Crippen LogP contribution in [0, 0.1) is 6.92 Å². The molecule has 7 heteroatoms. The molecule has 0 aromatic carbocycles. The van der Waals surface area contributed by atoms with Gasteiger partial charge in [-0.25, -0.2) is 9.78 Å². The summed E-state index contributed by atoms with van der Waals surface area (Å²) in [4.78, 5) is 29.3. The Kier molecular flexibility index (Phi) is 3.95. The summed E-state index contributed by atoms with van der Waals surface area (Å²) in [5.41, 5.74) is -0.339. The van der Waals surface area contributed by atoms with Crippen molar-refractivity contribution >= 4 is 17.7 Å². The minimum absolute atomic E-state index is 0.177. The standard InChI is InChI=1S/C17H21N3O4/c1-10-7-8-11(23-10)15(21)19-14-13(16(22)24-17(2,3)4)20-9-5-6-12(20)18-14/h7-8H,5-6,9H2,1-4H3,(H,19,21). The van der Waals surface area contributed by atoms with Crippen LogP contribution in [-0.4, -0.2) is 27.0 Å². The van der Waals surface area contributed by atoms with Crippen molar-refractivity contribution in [2.75, 3.05) is 5.32 Å². The van der Waals surface area contributed by atoms with Crippen LogP contribution >= 0.6 is 0 Å². The van der Waals surface area contributed by atoms with Crippen molar-refractivity contribution in [2.45, 2.75) is 52.7 Å². The van der Waals surface area contributed by atoms with Gasteiger partial charge in [-0.3, -0.25) is 4.79 Å². The summed E-state index contributed by atoms with van der Waals surface area (Å²) >= 11 is 0. The summed E-state index contributed by atoms with van der Waals surface area (Å²) < 4.78 is 12.6. The molecule has 0 aliphatic carbocycles. The predicted octanol–water partition coefficient (Wildman–Crippen LogP) is 2.94. The Hall–Kier alpha value is -2.57. The molecule has 24 heavy (non-hydrogen) atoms. The van der Waals surface area contributed by atoms with Crippen molar-refractivity contribution in [1.29, 1.82) is 0 Å². The van der Waals surface area contributed by atoms with E-state index in [0.29, 0.717) is 12.3 Å². The summed E-state index contributed by atoms with van der Waals surface area (Å²) in [5.74, 6) is 0.884. The number of rotatable bonds is 3. The highest BCUT2D eigenvalue weighted by atomic mass is 16.6. The van der Waals surface area contributed by atoms with Gasteiger partial charge in [0.25, 0.3) is 5.91 Å². The molecule has 0 atom stereocenters. The van der Waals surface area contributed by atoms with Gasteiger partial charge in [-0.2, -0.15) is 0 Å². The first kappa shape index (κ1) is 16.3. The number of anilines is 1. The predicted molar refractivity (Wildman–Crippen MR) is 87.1 cm³/mol. The fourth-order valence-electron chi connectivity index (χ4n) is 2.67. The van der Waals surface area contributed by atoms with E-state index in [0.717, 1.165) is 18.7 Å². The minimum Gasteiger partial charge on any atom is -0.456 e. The number of aromatic nitrogens is 2. The quantitative estimate of drug-likeness (QED) is 0.874. The molecule has 3 rings (SSSR count). The van der Waals surface area contributed by atoms with E-state index in [-0.39, 0.29) is 17.3 Å². The van der Waals surface area contributed by atoms with E-state index in [9.17, 15) is 9.59 Å². The van der Waals surface area contributed by atoms with E-state index < -0.39 is 17.5 Å². The van der Waals surface area contributed by atoms with Crippen molar-refractivity contribution in [3.05, 3.63) is 35.2 Å². The number of carbonyl (C=O) groups excluding carboxylic acids is 2. The van der Waals surface area contributed by atoms with Gasteiger partial charge in [-0.15, -0.1) is 0 Å². The van der Waals surface area contributed by atoms with E-state index in [1.165, 1.54) is 0 Å². The number of hydrogen-bond acceptors (Lipinski definition) is 5. The van der Waals surface area contributed by atoms with E-state index in [1.54, 1.807) is 39.8 Å². The zero-order chi connectivity index (χ0) is 17.5. The second-order valence-electron chi connectivity index (χ2n) is 6.85. The average molecular weight is 331 g/mol. The van der Waals surface area contributed by atoms with Crippen molar-refractivity contribution in [3.63, 3.8) is 0 Å². The second kappa shape index (κ2) is 5.81. The number of furan rings is 1. The first-order chi connectivity index (χ1) is 11.2. The molecule has 128 valence electrons. The van der Waals surface area contributed by atoms with E-state index in [1.807, 2.05) is 4.57 Å². The van der Waals surface area contributed by atoms with Crippen LogP contribution in [-0.2, 0) is 17.7 Å². The molecular weight excluding hydrogens is 310 g/mol. The van der Waals surface area contributed by atoms with Gasteiger partial charge in [-0.05, 0) is 46.2 Å². The van der Waals surface area contributed by atoms with Crippen LogP contribution in [0.3, 0.4) is 0 Å². The van der Waals surface area contributed by atoms with Crippen molar-refractivity contribution in [1.82, 2.24) is 9.55 Å². The lowest BCUT2D eigenvalue weighted by Gasteiger charge is -2.20. The minimum atomic E-state index is -0.625. The normalized spacial score (nSPS) is 13.7. The molecular formula is C17H21N3O4. The van der Waals surface area contributed by atoms with Crippen molar-refractivity contribution < 1.29 is 18.7 Å². The number of nitrogens with zero attached hydrogens (tertiary/aromatic N) is 2. The van der Waals surface area contributed by atoms with Crippen LogP contribution in [0.25, 0.3) is 0 Å². The summed E-state index contributed by atoms with van der Waals surface area (Å²) in [6.07, 6.45) is 1.69.